The standard InChI is InChI=1S/C16H24BrFN2/c1-3-19-11-12-6-4-5-9-20(2)16(12)14-8-7-13(18)10-15(14)17/h7-8,10,12,16,19H,3-6,9,11H2,1-2H3. The van der Waals surface area contributed by atoms with Gasteiger partial charge in [0.1, 0.15) is 5.82 Å². The second-order valence-corrected chi connectivity index (χ2v) is 6.51. The summed E-state index contributed by atoms with van der Waals surface area (Å²) >= 11 is 3.54. The van der Waals surface area contributed by atoms with E-state index >= 15 is 0 Å². The third-order valence-electron chi connectivity index (χ3n) is 4.19. The van der Waals surface area contributed by atoms with E-state index < -0.39 is 0 Å². The second-order valence-electron chi connectivity index (χ2n) is 5.65. The quantitative estimate of drug-likeness (QED) is 0.890. The number of nitrogens with zero attached hydrogens (tertiary/aromatic N) is 1. The van der Waals surface area contributed by atoms with E-state index in [1.54, 1.807) is 12.1 Å². The van der Waals surface area contributed by atoms with Crippen LogP contribution in [0.4, 0.5) is 4.39 Å². The van der Waals surface area contributed by atoms with Crippen molar-refractivity contribution in [2.45, 2.75) is 32.2 Å². The SMILES string of the molecule is CCNCC1CCCCN(C)C1c1ccc(F)cc1Br. The Morgan fingerprint density at radius 2 is 2.20 bits per heavy atom. The molecule has 1 aliphatic heterocycles. The third-order valence-corrected chi connectivity index (χ3v) is 4.88. The molecule has 2 rings (SSSR count). The van der Waals surface area contributed by atoms with Crippen LogP contribution in [-0.4, -0.2) is 31.6 Å². The van der Waals surface area contributed by atoms with Gasteiger partial charge < -0.3 is 5.32 Å². The molecule has 0 saturated carbocycles. The van der Waals surface area contributed by atoms with Gasteiger partial charge in [0.2, 0.25) is 0 Å². The highest BCUT2D eigenvalue weighted by atomic mass is 79.9. The Hall–Kier alpha value is -0.450. The van der Waals surface area contributed by atoms with Crippen molar-refractivity contribution in [3.8, 4) is 0 Å². The van der Waals surface area contributed by atoms with Gasteiger partial charge in [0.25, 0.3) is 0 Å². The Labute approximate surface area is 129 Å². The zero-order chi connectivity index (χ0) is 14.5. The number of hydrogen-bond acceptors (Lipinski definition) is 2. The largest absolute Gasteiger partial charge is 0.317 e. The zero-order valence-corrected chi connectivity index (χ0v) is 13.9. The van der Waals surface area contributed by atoms with Crippen LogP contribution in [0.25, 0.3) is 0 Å². The van der Waals surface area contributed by atoms with Crippen molar-refractivity contribution in [2.24, 2.45) is 5.92 Å². The Morgan fingerprint density at radius 1 is 1.40 bits per heavy atom. The van der Waals surface area contributed by atoms with Gasteiger partial charge in [-0.15, -0.1) is 0 Å². The van der Waals surface area contributed by atoms with Crippen LogP contribution in [0.2, 0.25) is 0 Å². The van der Waals surface area contributed by atoms with E-state index in [9.17, 15) is 4.39 Å². The van der Waals surface area contributed by atoms with Crippen LogP contribution in [0, 0.1) is 11.7 Å². The lowest BCUT2D eigenvalue weighted by atomic mass is 9.89. The molecule has 0 bridgehead atoms. The molecule has 0 spiro atoms. The van der Waals surface area contributed by atoms with Gasteiger partial charge in [0.05, 0.1) is 0 Å². The van der Waals surface area contributed by atoms with E-state index in [1.165, 1.54) is 24.8 Å². The monoisotopic (exact) mass is 342 g/mol. The summed E-state index contributed by atoms with van der Waals surface area (Å²) in [5, 5.41) is 3.48. The number of hydrogen-bond donors (Lipinski definition) is 1. The number of benzene rings is 1. The van der Waals surface area contributed by atoms with E-state index in [-0.39, 0.29) is 5.82 Å². The Morgan fingerprint density at radius 3 is 2.90 bits per heavy atom. The third kappa shape index (κ3) is 3.80. The minimum Gasteiger partial charge on any atom is -0.317 e. The molecular formula is C16H24BrFN2. The highest BCUT2D eigenvalue weighted by molar-refractivity contribution is 9.10. The molecule has 1 heterocycles. The molecule has 4 heteroatoms. The first-order chi connectivity index (χ1) is 9.63. The van der Waals surface area contributed by atoms with Crippen LogP contribution in [0.5, 0.6) is 0 Å². The molecule has 1 aromatic rings. The number of likely N-dealkylation sites (tertiary alicyclic amines) is 1. The topological polar surface area (TPSA) is 15.3 Å². The highest BCUT2D eigenvalue weighted by Gasteiger charge is 2.30. The fourth-order valence-corrected chi connectivity index (χ4v) is 3.79. The van der Waals surface area contributed by atoms with Gasteiger partial charge in [-0.1, -0.05) is 35.3 Å². The van der Waals surface area contributed by atoms with Crippen molar-refractivity contribution in [3.05, 3.63) is 34.1 Å². The van der Waals surface area contributed by atoms with Crippen LogP contribution >= 0.6 is 15.9 Å². The highest BCUT2D eigenvalue weighted by Crippen LogP contribution is 2.37. The van der Waals surface area contributed by atoms with Crippen molar-refractivity contribution < 1.29 is 4.39 Å². The van der Waals surface area contributed by atoms with Gasteiger partial charge in [-0.2, -0.15) is 0 Å². The maximum atomic E-state index is 13.3. The first-order valence-electron chi connectivity index (χ1n) is 7.49. The molecule has 1 aliphatic rings. The van der Waals surface area contributed by atoms with Crippen LogP contribution < -0.4 is 5.32 Å². The Kier molecular flexibility index (Phi) is 6.00. The molecule has 0 aromatic heterocycles. The van der Waals surface area contributed by atoms with Crippen molar-refractivity contribution in [1.82, 2.24) is 10.2 Å². The molecule has 20 heavy (non-hydrogen) atoms. The summed E-state index contributed by atoms with van der Waals surface area (Å²) in [5.74, 6) is 0.393. The minimum absolute atomic E-state index is 0.180. The summed E-state index contributed by atoms with van der Waals surface area (Å²) in [4.78, 5) is 2.42. The molecule has 1 aromatic carbocycles. The molecule has 0 radical (unpaired) electrons. The summed E-state index contributed by atoms with van der Waals surface area (Å²) in [6.45, 7) is 5.27. The van der Waals surface area contributed by atoms with E-state index in [0.29, 0.717) is 12.0 Å². The van der Waals surface area contributed by atoms with Crippen LogP contribution in [-0.2, 0) is 0 Å². The lowest BCUT2D eigenvalue weighted by Gasteiger charge is -2.33. The lowest BCUT2D eigenvalue weighted by molar-refractivity contribution is 0.189. The lowest BCUT2D eigenvalue weighted by Crippen LogP contribution is -2.35. The van der Waals surface area contributed by atoms with Crippen molar-refractivity contribution in [2.75, 3.05) is 26.7 Å². The summed E-state index contributed by atoms with van der Waals surface area (Å²) in [7, 11) is 2.19. The molecule has 1 saturated heterocycles. The van der Waals surface area contributed by atoms with Gasteiger partial charge >= 0.3 is 0 Å². The maximum Gasteiger partial charge on any atom is 0.124 e. The van der Waals surface area contributed by atoms with Gasteiger partial charge in [-0.05, 0) is 63.1 Å². The number of rotatable bonds is 4. The molecule has 112 valence electrons. The predicted molar refractivity (Wildman–Crippen MR) is 85.4 cm³/mol. The molecule has 2 unspecified atom stereocenters. The normalized spacial score (nSPS) is 24.6. The first-order valence-corrected chi connectivity index (χ1v) is 8.28. The predicted octanol–water partition coefficient (Wildman–Crippen LogP) is 3.97. The Balaban J connectivity index is 2.29. The summed E-state index contributed by atoms with van der Waals surface area (Å²) in [5.41, 5.74) is 1.21. The minimum atomic E-state index is -0.180. The van der Waals surface area contributed by atoms with Crippen LogP contribution in [0.15, 0.2) is 22.7 Å². The van der Waals surface area contributed by atoms with Gasteiger partial charge in [-0.3, -0.25) is 4.90 Å². The van der Waals surface area contributed by atoms with Gasteiger partial charge in [0.15, 0.2) is 0 Å². The average molecular weight is 343 g/mol. The van der Waals surface area contributed by atoms with E-state index in [2.05, 4.69) is 40.1 Å². The molecule has 0 amide bonds. The average Bonchev–Trinajstić information content (AvgIpc) is 2.59. The first kappa shape index (κ1) is 15.9. The van der Waals surface area contributed by atoms with Crippen LogP contribution in [0.1, 0.15) is 37.8 Å². The summed E-state index contributed by atoms with van der Waals surface area (Å²) in [6, 6.07) is 5.44. The summed E-state index contributed by atoms with van der Waals surface area (Å²) in [6.07, 6.45) is 3.75. The van der Waals surface area contributed by atoms with E-state index in [0.717, 1.165) is 24.1 Å². The number of halogens is 2. The van der Waals surface area contributed by atoms with Crippen molar-refractivity contribution in [3.63, 3.8) is 0 Å². The molecule has 2 nitrogen and oxygen atoms in total. The van der Waals surface area contributed by atoms with Crippen LogP contribution in [0.3, 0.4) is 0 Å². The van der Waals surface area contributed by atoms with E-state index in [4.69, 9.17) is 0 Å². The summed E-state index contributed by atoms with van der Waals surface area (Å²) < 4.78 is 14.2. The van der Waals surface area contributed by atoms with Gasteiger partial charge in [-0.25, -0.2) is 4.39 Å². The molecule has 1 fully saturated rings. The van der Waals surface area contributed by atoms with Crippen molar-refractivity contribution >= 4 is 15.9 Å². The smallest absolute Gasteiger partial charge is 0.124 e. The zero-order valence-electron chi connectivity index (χ0n) is 12.3. The van der Waals surface area contributed by atoms with Crippen molar-refractivity contribution in [1.29, 1.82) is 0 Å². The number of nitrogens with one attached hydrogen (secondary N) is 1. The maximum absolute atomic E-state index is 13.3. The molecule has 0 aliphatic carbocycles. The second kappa shape index (κ2) is 7.53. The Bertz CT molecular complexity index is 438. The van der Waals surface area contributed by atoms with E-state index in [1.807, 2.05) is 6.07 Å². The fraction of sp³-hybridized carbons (Fsp3) is 0.625. The molecule has 2 atom stereocenters. The van der Waals surface area contributed by atoms with Gasteiger partial charge in [0, 0.05) is 10.5 Å². The molecular weight excluding hydrogens is 319 g/mol. The molecule has 1 N–H and O–H groups in total. The fourth-order valence-electron chi connectivity index (χ4n) is 3.20.